The van der Waals surface area contributed by atoms with E-state index in [4.69, 9.17) is 16.0 Å². The lowest BCUT2D eigenvalue weighted by molar-refractivity contribution is -0.385. The van der Waals surface area contributed by atoms with E-state index in [0.717, 1.165) is 0 Å². The van der Waals surface area contributed by atoms with Crippen molar-refractivity contribution in [3.8, 4) is 11.5 Å². The van der Waals surface area contributed by atoms with Gasteiger partial charge in [0.15, 0.2) is 5.58 Å². The third-order valence-electron chi connectivity index (χ3n) is 4.50. The van der Waals surface area contributed by atoms with Crippen LogP contribution in [0.5, 0.6) is 0 Å². The molecular weight excluding hydrogens is 394 g/mol. The quantitative estimate of drug-likeness (QED) is 0.350. The summed E-state index contributed by atoms with van der Waals surface area (Å²) in [7, 11) is 0. The molecule has 0 fully saturated rings. The number of oxazole rings is 1. The molecule has 0 unspecified atom stereocenters. The van der Waals surface area contributed by atoms with Gasteiger partial charge in [0.25, 0.3) is 11.6 Å². The van der Waals surface area contributed by atoms with Gasteiger partial charge >= 0.3 is 0 Å². The van der Waals surface area contributed by atoms with Gasteiger partial charge in [-0.3, -0.25) is 14.9 Å². The van der Waals surface area contributed by atoms with Gasteiger partial charge in [-0.1, -0.05) is 29.8 Å². The molecule has 0 atom stereocenters. The Hall–Kier alpha value is -3.71. The van der Waals surface area contributed by atoms with Crippen LogP contribution in [0.3, 0.4) is 0 Å². The zero-order valence-corrected chi connectivity index (χ0v) is 15.9. The van der Waals surface area contributed by atoms with Crippen LogP contribution in [-0.4, -0.2) is 15.8 Å². The Bertz CT molecular complexity index is 1230. The molecule has 1 amide bonds. The van der Waals surface area contributed by atoms with Gasteiger partial charge in [-0.2, -0.15) is 0 Å². The van der Waals surface area contributed by atoms with Crippen molar-refractivity contribution in [2.24, 2.45) is 0 Å². The fraction of sp³-hybridized carbons (Fsp3) is 0.0476. The van der Waals surface area contributed by atoms with Crippen LogP contribution in [0.1, 0.15) is 15.9 Å². The number of halogens is 1. The van der Waals surface area contributed by atoms with Crippen molar-refractivity contribution < 1.29 is 14.1 Å². The van der Waals surface area contributed by atoms with Crippen molar-refractivity contribution in [2.75, 3.05) is 5.32 Å². The van der Waals surface area contributed by atoms with Gasteiger partial charge in [-0.15, -0.1) is 0 Å². The van der Waals surface area contributed by atoms with Gasteiger partial charge < -0.3 is 9.73 Å². The van der Waals surface area contributed by atoms with Gasteiger partial charge in [-0.05, 0) is 43.3 Å². The predicted molar refractivity (Wildman–Crippen MR) is 110 cm³/mol. The van der Waals surface area contributed by atoms with Crippen LogP contribution in [0.4, 0.5) is 11.4 Å². The van der Waals surface area contributed by atoms with E-state index in [-0.39, 0.29) is 11.3 Å². The molecule has 0 aliphatic rings. The molecule has 8 heteroatoms. The second-order valence-corrected chi connectivity index (χ2v) is 6.75. The molecule has 1 heterocycles. The molecule has 1 aromatic heterocycles. The Kier molecular flexibility index (Phi) is 4.74. The summed E-state index contributed by atoms with van der Waals surface area (Å²) in [5, 5.41) is 14.3. The summed E-state index contributed by atoms with van der Waals surface area (Å²) in [6.07, 6.45) is 0. The normalized spacial score (nSPS) is 10.8. The molecule has 0 saturated carbocycles. The minimum absolute atomic E-state index is 0.110. The number of hydrogen-bond acceptors (Lipinski definition) is 5. The van der Waals surface area contributed by atoms with E-state index < -0.39 is 10.8 Å². The molecule has 0 saturated heterocycles. The number of rotatable bonds is 4. The lowest BCUT2D eigenvalue weighted by Gasteiger charge is -2.09. The number of nitro groups is 1. The van der Waals surface area contributed by atoms with E-state index in [1.807, 2.05) is 18.2 Å². The molecule has 0 spiro atoms. The van der Waals surface area contributed by atoms with Gasteiger partial charge in [0.1, 0.15) is 5.52 Å². The highest BCUT2D eigenvalue weighted by Gasteiger charge is 2.19. The van der Waals surface area contributed by atoms with Crippen LogP contribution < -0.4 is 5.32 Å². The summed E-state index contributed by atoms with van der Waals surface area (Å²) < 4.78 is 5.76. The van der Waals surface area contributed by atoms with Crippen molar-refractivity contribution in [1.82, 2.24) is 4.98 Å². The Morgan fingerprint density at radius 3 is 2.69 bits per heavy atom. The number of fused-ring (bicyclic) bond motifs is 1. The first-order valence-electron chi connectivity index (χ1n) is 8.65. The highest BCUT2D eigenvalue weighted by molar-refractivity contribution is 6.33. The largest absolute Gasteiger partial charge is 0.436 e. The molecule has 0 radical (unpaired) electrons. The van der Waals surface area contributed by atoms with E-state index in [2.05, 4.69) is 10.3 Å². The number of amides is 1. The smallest absolute Gasteiger partial charge is 0.273 e. The summed E-state index contributed by atoms with van der Waals surface area (Å²) in [5.74, 6) is -0.129. The monoisotopic (exact) mass is 407 g/mol. The van der Waals surface area contributed by atoms with Crippen molar-refractivity contribution in [3.05, 3.63) is 86.9 Å². The predicted octanol–water partition coefficient (Wildman–Crippen LogP) is 5.62. The van der Waals surface area contributed by atoms with E-state index in [1.54, 1.807) is 31.2 Å². The second-order valence-electron chi connectivity index (χ2n) is 6.34. The number of benzene rings is 3. The first-order valence-corrected chi connectivity index (χ1v) is 9.02. The molecule has 4 rings (SSSR count). The maximum absolute atomic E-state index is 12.7. The molecule has 29 heavy (non-hydrogen) atoms. The number of anilines is 1. The van der Waals surface area contributed by atoms with Gasteiger partial charge in [-0.25, -0.2) is 4.98 Å². The fourth-order valence-corrected chi connectivity index (χ4v) is 3.22. The maximum atomic E-state index is 12.7. The molecule has 1 N–H and O–H groups in total. The van der Waals surface area contributed by atoms with E-state index in [0.29, 0.717) is 38.8 Å². The van der Waals surface area contributed by atoms with Crippen molar-refractivity contribution >= 4 is 40.0 Å². The highest BCUT2D eigenvalue weighted by Crippen LogP contribution is 2.32. The number of aromatic nitrogens is 1. The van der Waals surface area contributed by atoms with E-state index in [9.17, 15) is 14.9 Å². The summed E-state index contributed by atoms with van der Waals surface area (Å²) in [6, 6.07) is 16.6. The van der Waals surface area contributed by atoms with Gasteiger partial charge in [0.05, 0.1) is 15.5 Å². The number of carbonyl (C=O) groups is 1. The minimum atomic E-state index is -0.514. The summed E-state index contributed by atoms with van der Waals surface area (Å²) in [4.78, 5) is 27.7. The maximum Gasteiger partial charge on any atom is 0.273 e. The fourth-order valence-electron chi connectivity index (χ4n) is 3.02. The molecule has 0 bridgehead atoms. The number of nitro benzene ring substituents is 1. The Balaban J connectivity index is 1.67. The zero-order chi connectivity index (χ0) is 20.5. The highest BCUT2D eigenvalue weighted by atomic mass is 35.5. The topological polar surface area (TPSA) is 98.3 Å². The minimum Gasteiger partial charge on any atom is -0.436 e. The van der Waals surface area contributed by atoms with Crippen molar-refractivity contribution in [3.63, 3.8) is 0 Å². The lowest BCUT2D eigenvalue weighted by atomic mass is 10.1. The number of para-hydroxylation sites is 2. The van der Waals surface area contributed by atoms with Crippen LogP contribution in [0.25, 0.3) is 22.6 Å². The SMILES string of the molecule is Cc1c(C(=O)Nc2ccc(Cl)c(-c3nc4ccccc4o3)c2)cccc1[N+](=O)[O-]. The summed E-state index contributed by atoms with van der Waals surface area (Å²) in [6.45, 7) is 1.54. The zero-order valence-electron chi connectivity index (χ0n) is 15.2. The number of carbonyl (C=O) groups excluding carboxylic acids is 1. The average Bonchev–Trinajstić information content (AvgIpc) is 3.13. The lowest BCUT2D eigenvalue weighted by Crippen LogP contribution is -2.14. The molecule has 4 aromatic rings. The van der Waals surface area contributed by atoms with Crippen LogP contribution in [0.15, 0.2) is 65.1 Å². The molecule has 144 valence electrons. The van der Waals surface area contributed by atoms with Gasteiger partial charge in [0.2, 0.25) is 5.89 Å². The van der Waals surface area contributed by atoms with Gasteiger partial charge in [0, 0.05) is 22.9 Å². The summed E-state index contributed by atoms with van der Waals surface area (Å²) in [5.41, 5.74) is 2.71. The third kappa shape index (κ3) is 3.55. The van der Waals surface area contributed by atoms with Crippen LogP contribution in [-0.2, 0) is 0 Å². The standard InChI is InChI=1S/C21H14ClN3O4/c1-12-14(5-4-7-18(12)25(27)28)20(26)23-13-9-10-16(22)15(11-13)21-24-17-6-2-3-8-19(17)29-21/h2-11H,1H3,(H,23,26). The van der Waals surface area contributed by atoms with Crippen LogP contribution >= 0.6 is 11.6 Å². The summed E-state index contributed by atoms with van der Waals surface area (Å²) >= 11 is 6.31. The number of nitrogens with one attached hydrogen (secondary N) is 1. The first-order chi connectivity index (χ1) is 13.9. The Morgan fingerprint density at radius 2 is 1.93 bits per heavy atom. The number of nitrogens with zero attached hydrogens (tertiary/aromatic N) is 2. The van der Waals surface area contributed by atoms with Crippen LogP contribution in [0.2, 0.25) is 5.02 Å². The molecule has 0 aliphatic carbocycles. The first kappa shape index (κ1) is 18.6. The average molecular weight is 408 g/mol. The second kappa shape index (κ2) is 7.37. The van der Waals surface area contributed by atoms with E-state index in [1.165, 1.54) is 18.2 Å². The number of hydrogen-bond donors (Lipinski definition) is 1. The van der Waals surface area contributed by atoms with Crippen molar-refractivity contribution in [1.29, 1.82) is 0 Å². The molecular formula is C21H14ClN3O4. The van der Waals surface area contributed by atoms with Crippen molar-refractivity contribution in [2.45, 2.75) is 6.92 Å². The molecule has 7 nitrogen and oxygen atoms in total. The third-order valence-corrected chi connectivity index (χ3v) is 4.82. The Labute approximate surface area is 170 Å². The van der Waals surface area contributed by atoms with Crippen LogP contribution in [0, 0.1) is 17.0 Å². The van der Waals surface area contributed by atoms with E-state index >= 15 is 0 Å². The Morgan fingerprint density at radius 1 is 1.14 bits per heavy atom. The molecule has 3 aromatic carbocycles. The molecule has 0 aliphatic heterocycles.